The van der Waals surface area contributed by atoms with Gasteiger partial charge in [0.25, 0.3) is 0 Å². The van der Waals surface area contributed by atoms with Crippen LogP contribution in [0, 0.1) is 0 Å². The number of nitrogens with two attached hydrogens (primary N) is 1. The molecule has 2 N–H and O–H groups in total. The Morgan fingerprint density at radius 1 is 1.10 bits per heavy atom. The lowest BCUT2D eigenvalue weighted by molar-refractivity contribution is 0.770. The molecule has 0 aliphatic carbocycles. The Bertz CT molecular complexity index is 506. The lowest BCUT2D eigenvalue weighted by Gasteiger charge is -2.25. The van der Waals surface area contributed by atoms with Crippen molar-refractivity contribution in [2.45, 2.75) is 32.7 Å². The predicted molar refractivity (Wildman–Crippen MR) is 85.2 cm³/mol. The van der Waals surface area contributed by atoms with E-state index in [4.69, 9.17) is 5.73 Å². The Balaban J connectivity index is 2.26. The van der Waals surface area contributed by atoms with Crippen molar-refractivity contribution in [3.8, 4) is 0 Å². The van der Waals surface area contributed by atoms with Gasteiger partial charge in [0.1, 0.15) is 0 Å². The van der Waals surface area contributed by atoms with Crippen molar-refractivity contribution in [2.75, 3.05) is 11.4 Å². The van der Waals surface area contributed by atoms with Crippen LogP contribution in [0.2, 0.25) is 0 Å². The van der Waals surface area contributed by atoms with Crippen LogP contribution in [0.15, 0.2) is 48.7 Å². The van der Waals surface area contributed by atoms with E-state index in [0.29, 0.717) is 0 Å². The van der Waals surface area contributed by atoms with Crippen molar-refractivity contribution in [3.63, 3.8) is 0 Å². The molecule has 0 radical (unpaired) electrons. The molecule has 106 valence electrons. The van der Waals surface area contributed by atoms with Gasteiger partial charge in [-0.15, -0.1) is 0 Å². The van der Waals surface area contributed by atoms with Gasteiger partial charge in [-0.05, 0) is 37.6 Å². The highest BCUT2D eigenvalue weighted by molar-refractivity contribution is 5.62. The van der Waals surface area contributed by atoms with E-state index in [1.54, 1.807) is 0 Å². The minimum Gasteiger partial charge on any atom is -0.340 e. The number of anilines is 2. The highest BCUT2D eigenvalue weighted by atomic mass is 15.1. The SMILES string of the molecule is CCCCN(c1ccccc1)c1ccc(C(C)N)nc1. The van der Waals surface area contributed by atoms with Gasteiger partial charge in [-0.2, -0.15) is 0 Å². The summed E-state index contributed by atoms with van der Waals surface area (Å²) in [6, 6.07) is 14.5. The Morgan fingerprint density at radius 3 is 2.40 bits per heavy atom. The molecule has 0 spiro atoms. The molecule has 3 nitrogen and oxygen atoms in total. The summed E-state index contributed by atoms with van der Waals surface area (Å²) < 4.78 is 0. The molecule has 1 aromatic carbocycles. The van der Waals surface area contributed by atoms with E-state index >= 15 is 0 Å². The zero-order chi connectivity index (χ0) is 14.4. The Hall–Kier alpha value is -1.87. The summed E-state index contributed by atoms with van der Waals surface area (Å²) in [5.74, 6) is 0. The first-order chi connectivity index (χ1) is 9.72. The number of nitrogens with zero attached hydrogens (tertiary/aromatic N) is 2. The smallest absolute Gasteiger partial charge is 0.0597 e. The van der Waals surface area contributed by atoms with Gasteiger partial charge in [-0.25, -0.2) is 0 Å². The fraction of sp³-hybridized carbons (Fsp3) is 0.353. The molecular formula is C17H23N3. The maximum Gasteiger partial charge on any atom is 0.0597 e. The zero-order valence-corrected chi connectivity index (χ0v) is 12.3. The highest BCUT2D eigenvalue weighted by Crippen LogP contribution is 2.25. The Kier molecular flexibility index (Phi) is 5.13. The van der Waals surface area contributed by atoms with Gasteiger partial charge in [0.05, 0.1) is 17.6 Å². The molecule has 2 rings (SSSR count). The molecule has 1 heterocycles. The van der Waals surface area contributed by atoms with E-state index in [0.717, 1.165) is 24.3 Å². The maximum absolute atomic E-state index is 5.86. The van der Waals surface area contributed by atoms with Crippen LogP contribution in [0.1, 0.15) is 38.4 Å². The minimum atomic E-state index is -0.0233. The number of rotatable bonds is 6. The lowest BCUT2D eigenvalue weighted by atomic mass is 10.2. The van der Waals surface area contributed by atoms with Crippen molar-refractivity contribution < 1.29 is 0 Å². The van der Waals surface area contributed by atoms with Crippen molar-refractivity contribution in [1.29, 1.82) is 0 Å². The van der Waals surface area contributed by atoms with Crippen LogP contribution in [0.25, 0.3) is 0 Å². The van der Waals surface area contributed by atoms with Gasteiger partial charge >= 0.3 is 0 Å². The molecule has 2 aromatic rings. The van der Waals surface area contributed by atoms with Crippen LogP contribution < -0.4 is 10.6 Å². The van der Waals surface area contributed by atoms with E-state index < -0.39 is 0 Å². The largest absolute Gasteiger partial charge is 0.340 e. The monoisotopic (exact) mass is 269 g/mol. The summed E-state index contributed by atoms with van der Waals surface area (Å²) in [7, 11) is 0. The summed E-state index contributed by atoms with van der Waals surface area (Å²) in [6.45, 7) is 5.16. The van der Waals surface area contributed by atoms with Crippen LogP contribution in [-0.4, -0.2) is 11.5 Å². The van der Waals surface area contributed by atoms with Crippen LogP contribution in [0.4, 0.5) is 11.4 Å². The van der Waals surface area contributed by atoms with Crippen molar-refractivity contribution in [3.05, 3.63) is 54.4 Å². The van der Waals surface area contributed by atoms with Crippen molar-refractivity contribution in [1.82, 2.24) is 4.98 Å². The molecule has 20 heavy (non-hydrogen) atoms. The van der Waals surface area contributed by atoms with Crippen LogP contribution in [0.5, 0.6) is 0 Å². The van der Waals surface area contributed by atoms with Gasteiger partial charge in [0.15, 0.2) is 0 Å². The average molecular weight is 269 g/mol. The van der Waals surface area contributed by atoms with E-state index in [2.05, 4.69) is 47.1 Å². The standard InChI is InChI=1S/C17H23N3/c1-3-4-12-20(15-8-6-5-7-9-15)16-10-11-17(14(2)18)19-13-16/h5-11,13-14H,3-4,12,18H2,1-2H3. The molecule has 1 unspecified atom stereocenters. The van der Waals surface area contributed by atoms with E-state index in [-0.39, 0.29) is 6.04 Å². The fourth-order valence-corrected chi connectivity index (χ4v) is 2.16. The molecule has 0 aliphatic rings. The molecule has 3 heteroatoms. The second-order valence-electron chi connectivity index (χ2n) is 5.07. The molecule has 0 saturated heterocycles. The first-order valence-electron chi connectivity index (χ1n) is 7.26. The Morgan fingerprint density at radius 2 is 1.85 bits per heavy atom. The number of para-hydroxylation sites is 1. The topological polar surface area (TPSA) is 42.1 Å². The second kappa shape index (κ2) is 7.06. The molecule has 0 bridgehead atoms. The normalized spacial score (nSPS) is 12.2. The summed E-state index contributed by atoms with van der Waals surface area (Å²) in [6.07, 6.45) is 4.25. The number of hydrogen-bond acceptors (Lipinski definition) is 3. The highest BCUT2D eigenvalue weighted by Gasteiger charge is 2.09. The summed E-state index contributed by atoms with van der Waals surface area (Å²) in [5.41, 5.74) is 9.11. The summed E-state index contributed by atoms with van der Waals surface area (Å²) >= 11 is 0. The van der Waals surface area contributed by atoms with E-state index in [9.17, 15) is 0 Å². The van der Waals surface area contributed by atoms with Crippen LogP contribution in [0.3, 0.4) is 0 Å². The first-order valence-corrected chi connectivity index (χ1v) is 7.26. The van der Waals surface area contributed by atoms with Crippen LogP contribution >= 0.6 is 0 Å². The maximum atomic E-state index is 5.86. The molecule has 0 fully saturated rings. The number of benzene rings is 1. The van der Waals surface area contributed by atoms with Crippen molar-refractivity contribution >= 4 is 11.4 Å². The molecule has 0 saturated carbocycles. The minimum absolute atomic E-state index is 0.0233. The first kappa shape index (κ1) is 14.5. The predicted octanol–water partition coefficient (Wildman–Crippen LogP) is 4.04. The van der Waals surface area contributed by atoms with Gasteiger partial charge in [-0.3, -0.25) is 4.98 Å². The molecule has 1 aromatic heterocycles. The summed E-state index contributed by atoms with van der Waals surface area (Å²) in [4.78, 5) is 6.77. The number of aromatic nitrogens is 1. The van der Waals surface area contributed by atoms with Crippen LogP contribution in [-0.2, 0) is 0 Å². The number of hydrogen-bond donors (Lipinski definition) is 1. The molecule has 0 aliphatic heterocycles. The molecule has 0 amide bonds. The lowest BCUT2D eigenvalue weighted by Crippen LogP contribution is -2.19. The molecular weight excluding hydrogens is 246 g/mol. The average Bonchev–Trinajstić information content (AvgIpc) is 2.49. The zero-order valence-electron chi connectivity index (χ0n) is 12.3. The third kappa shape index (κ3) is 3.58. The van der Waals surface area contributed by atoms with Gasteiger partial charge in [-0.1, -0.05) is 31.5 Å². The third-order valence-electron chi connectivity index (χ3n) is 3.35. The molecule has 1 atom stereocenters. The van der Waals surface area contributed by atoms with Gasteiger partial charge in [0, 0.05) is 18.3 Å². The van der Waals surface area contributed by atoms with E-state index in [1.165, 1.54) is 12.1 Å². The van der Waals surface area contributed by atoms with Gasteiger partial charge in [0.2, 0.25) is 0 Å². The Labute approximate surface area is 121 Å². The van der Waals surface area contributed by atoms with Gasteiger partial charge < -0.3 is 10.6 Å². The summed E-state index contributed by atoms with van der Waals surface area (Å²) in [5, 5.41) is 0. The van der Waals surface area contributed by atoms with Crippen molar-refractivity contribution in [2.24, 2.45) is 5.73 Å². The number of unbranched alkanes of at least 4 members (excludes halogenated alkanes) is 1. The fourth-order valence-electron chi connectivity index (χ4n) is 2.16. The quantitative estimate of drug-likeness (QED) is 0.860. The number of pyridine rings is 1. The third-order valence-corrected chi connectivity index (χ3v) is 3.35. The second-order valence-corrected chi connectivity index (χ2v) is 5.07. The van der Waals surface area contributed by atoms with E-state index in [1.807, 2.05) is 25.3 Å².